The van der Waals surface area contributed by atoms with Crippen molar-refractivity contribution >= 4 is 40.4 Å². The Morgan fingerprint density at radius 1 is 0.917 bits per heavy atom. The molecule has 0 aliphatic rings. The number of anilines is 2. The van der Waals surface area contributed by atoms with Crippen LogP contribution in [-0.4, -0.2) is 26.0 Å². The molecule has 3 aromatic heterocycles. The quantitative estimate of drug-likeness (QED) is 0.244. The average Bonchev–Trinajstić information content (AvgIpc) is 3.30. The Labute approximate surface area is 212 Å². The van der Waals surface area contributed by atoms with E-state index in [2.05, 4.69) is 30.6 Å². The zero-order valence-corrected chi connectivity index (χ0v) is 20.0. The van der Waals surface area contributed by atoms with Crippen molar-refractivity contribution in [3.05, 3.63) is 113 Å². The van der Waals surface area contributed by atoms with Crippen LogP contribution in [0.3, 0.4) is 0 Å². The van der Waals surface area contributed by atoms with Crippen molar-refractivity contribution in [1.29, 1.82) is 0 Å². The predicted molar refractivity (Wildman–Crippen MR) is 140 cm³/mol. The lowest BCUT2D eigenvalue weighted by molar-refractivity contribution is 0.155. The summed E-state index contributed by atoms with van der Waals surface area (Å²) in [7, 11) is 0. The molecule has 0 fully saturated rings. The highest BCUT2D eigenvalue weighted by atomic mass is 35.5. The van der Waals surface area contributed by atoms with E-state index in [0.717, 1.165) is 33.6 Å². The molecule has 5 rings (SSSR count). The van der Waals surface area contributed by atoms with E-state index >= 15 is 0 Å². The predicted octanol–water partition coefficient (Wildman–Crippen LogP) is 5.96. The minimum atomic E-state index is -0.503. The fourth-order valence-electron chi connectivity index (χ4n) is 3.76. The number of carbonyl (C=O) groups is 1. The first-order chi connectivity index (χ1) is 17.6. The second-order valence-electron chi connectivity index (χ2n) is 8.13. The van der Waals surface area contributed by atoms with Gasteiger partial charge in [-0.15, -0.1) is 0 Å². The minimum absolute atomic E-state index is 0.210. The van der Waals surface area contributed by atoms with Gasteiger partial charge in [0.05, 0.1) is 6.20 Å². The number of fused-ring (bicyclic) bond motifs is 1. The topological polar surface area (TPSA) is 105 Å². The molecule has 3 heterocycles. The normalized spacial score (nSPS) is 10.8. The SMILES string of the molecule is O=C(Nc1ccccc1CNc1ccc(Cc2c[nH]c3ncc(Cl)nc23)cn1)OCc1ccccc1. The van der Waals surface area contributed by atoms with Gasteiger partial charge in [0.1, 0.15) is 23.1 Å². The van der Waals surface area contributed by atoms with E-state index < -0.39 is 6.09 Å². The van der Waals surface area contributed by atoms with Crippen LogP contribution in [0, 0.1) is 0 Å². The summed E-state index contributed by atoms with van der Waals surface area (Å²) < 4.78 is 5.34. The van der Waals surface area contributed by atoms with Gasteiger partial charge in [-0.05, 0) is 28.8 Å². The number of nitrogens with zero attached hydrogens (tertiary/aromatic N) is 3. The second-order valence-corrected chi connectivity index (χ2v) is 8.52. The lowest BCUT2D eigenvalue weighted by Crippen LogP contribution is -2.15. The van der Waals surface area contributed by atoms with E-state index in [1.54, 1.807) is 0 Å². The standard InChI is InChI=1S/C27H23ClN6O2/c28-23-16-32-26-25(34-23)21(15-31-26)12-19-10-11-24(29-13-19)30-14-20-8-4-5-9-22(20)33-27(35)36-17-18-6-2-1-3-7-18/h1-11,13,15-16H,12,14,17H2,(H,29,30)(H,31,32)(H,33,35). The van der Waals surface area contributed by atoms with Crippen molar-refractivity contribution in [2.75, 3.05) is 10.6 Å². The van der Waals surface area contributed by atoms with Gasteiger partial charge in [-0.2, -0.15) is 0 Å². The maximum atomic E-state index is 12.3. The van der Waals surface area contributed by atoms with Crippen LogP contribution in [0.4, 0.5) is 16.3 Å². The molecule has 0 atom stereocenters. The number of para-hydroxylation sites is 1. The molecular formula is C27H23ClN6O2. The summed E-state index contributed by atoms with van der Waals surface area (Å²) in [5, 5.41) is 6.49. The molecule has 36 heavy (non-hydrogen) atoms. The fourth-order valence-corrected chi connectivity index (χ4v) is 3.89. The van der Waals surface area contributed by atoms with Crippen molar-refractivity contribution in [1.82, 2.24) is 19.9 Å². The number of ether oxygens (including phenoxy) is 1. The van der Waals surface area contributed by atoms with Crippen molar-refractivity contribution in [2.24, 2.45) is 0 Å². The molecule has 1 amide bonds. The summed E-state index contributed by atoms with van der Waals surface area (Å²) in [6.45, 7) is 0.694. The molecule has 2 aromatic carbocycles. The molecule has 180 valence electrons. The number of benzene rings is 2. The number of carbonyl (C=O) groups excluding carboxylic acids is 1. The maximum absolute atomic E-state index is 12.3. The number of rotatable bonds is 8. The number of H-pyrrole nitrogens is 1. The van der Waals surface area contributed by atoms with Crippen molar-refractivity contribution in [2.45, 2.75) is 19.6 Å². The molecule has 0 aliphatic heterocycles. The largest absolute Gasteiger partial charge is 0.444 e. The van der Waals surface area contributed by atoms with Gasteiger partial charge in [-0.3, -0.25) is 5.32 Å². The van der Waals surface area contributed by atoms with Crippen LogP contribution in [0.1, 0.15) is 22.3 Å². The molecule has 3 N–H and O–H groups in total. The zero-order valence-electron chi connectivity index (χ0n) is 19.2. The molecule has 5 aromatic rings. The molecule has 0 unspecified atom stereocenters. The summed E-state index contributed by atoms with van der Waals surface area (Å²) in [6.07, 6.45) is 5.39. The van der Waals surface area contributed by atoms with E-state index in [0.29, 0.717) is 29.5 Å². The van der Waals surface area contributed by atoms with Gasteiger partial charge < -0.3 is 15.0 Å². The van der Waals surface area contributed by atoms with Gasteiger partial charge in [0.15, 0.2) is 5.65 Å². The Morgan fingerprint density at radius 2 is 1.75 bits per heavy atom. The van der Waals surface area contributed by atoms with Gasteiger partial charge in [0.2, 0.25) is 0 Å². The number of aromatic nitrogens is 4. The third-order valence-corrected chi connectivity index (χ3v) is 5.76. The number of halogens is 1. The number of nitrogens with one attached hydrogen (secondary N) is 3. The zero-order chi connectivity index (χ0) is 24.7. The number of pyridine rings is 1. The summed E-state index contributed by atoms with van der Waals surface area (Å²) in [5.74, 6) is 0.724. The monoisotopic (exact) mass is 498 g/mol. The van der Waals surface area contributed by atoms with E-state index in [1.165, 1.54) is 6.20 Å². The van der Waals surface area contributed by atoms with Crippen LogP contribution in [0.2, 0.25) is 5.15 Å². The average molecular weight is 499 g/mol. The fraction of sp³-hybridized carbons (Fsp3) is 0.111. The minimum Gasteiger partial charge on any atom is -0.444 e. The number of hydrogen-bond donors (Lipinski definition) is 3. The summed E-state index contributed by atoms with van der Waals surface area (Å²) in [5.41, 5.74) is 6.02. The smallest absolute Gasteiger partial charge is 0.411 e. The molecular weight excluding hydrogens is 476 g/mol. The Morgan fingerprint density at radius 3 is 2.58 bits per heavy atom. The molecule has 0 aliphatic carbocycles. The van der Waals surface area contributed by atoms with E-state index in [4.69, 9.17) is 16.3 Å². The summed E-state index contributed by atoms with van der Waals surface area (Å²) in [6, 6.07) is 21.1. The Bertz CT molecular complexity index is 1470. The van der Waals surface area contributed by atoms with Crippen LogP contribution in [0.15, 0.2) is 85.3 Å². The van der Waals surface area contributed by atoms with Gasteiger partial charge in [0, 0.05) is 36.6 Å². The second kappa shape index (κ2) is 10.9. The van der Waals surface area contributed by atoms with Gasteiger partial charge in [-0.25, -0.2) is 19.7 Å². The number of aromatic amines is 1. The van der Waals surface area contributed by atoms with Crippen LogP contribution < -0.4 is 10.6 Å². The molecule has 8 nitrogen and oxygen atoms in total. The van der Waals surface area contributed by atoms with Crippen LogP contribution in [0.5, 0.6) is 0 Å². The maximum Gasteiger partial charge on any atom is 0.411 e. The van der Waals surface area contributed by atoms with Crippen molar-refractivity contribution < 1.29 is 9.53 Å². The molecule has 0 radical (unpaired) electrons. The van der Waals surface area contributed by atoms with Crippen molar-refractivity contribution in [3.8, 4) is 0 Å². The molecule has 9 heteroatoms. The molecule has 0 saturated heterocycles. The highest BCUT2D eigenvalue weighted by molar-refractivity contribution is 6.29. The molecule has 0 spiro atoms. The lowest BCUT2D eigenvalue weighted by atomic mass is 10.1. The Hall–Kier alpha value is -4.43. The summed E-state index contributed by atoms with van der Waals surface area (Å²) >= 11 is 6.00. The van der Waals surface area contributed by atoms with Crippen LogP contribution in [0.25, 0.3) is 11.2 Å². The first kappa shape index (κ1) is 23.3. The van der Waals surface area contributed by atoms with Crippen molar-refractivity contribution in [3.63, 3.8) is 0 Å². The van der Waals surface area contributed by atoms with E-state index in [9.17, 15) is 4.79 Å². The third-order valence-electron chi connectivity index (χ3n) is 5.58. The Balaban J connectivity index is 1.18. The van der Waals surface area contributed by atoms with Gasteiger partial charge in [0.25, 0.3) is 0 Å². The van der Waals surface area contributed by atoms with Crippen LogP contribution in [-0.2, 0) is 24.3 Å². The lowest BCUT2D eigenvalue weighted by Gasteiger charge is -2.13. The number of hydrogen-bond acceptors (Lipinski definition) is 6. The van der Waals surface area contributed by atoms with Gasteiger partial charge in [-0.1, -0.05) is 66.2 Å². The third kappa shape index (κ3) is 5.79. The molecule has 0 bridgehead atoms. The van der Waals surface area contributed by atoms with E-state index in [-0.39, 0.29) is 6.61 Å². The van der Waals surface area contributed by atoms with Gasteiger partial charge >= 0.3 is 6.09 Å². The highest BCUT2D eigenvalue weighted by Crippen LogP contribution is 2.21. The number of amides is 1. The summed E-state index contributed by atoms with van der Waals surface area (Å²) in [4.78, 5) is 28.6. The first-order valence-electron chi connectivity index (χ1n) is 11.4. The van der Waals surface area contributed by atoms with E-state index in [1.807, 2.05) is 79.1 Å². The molecule has 0 saturated carbocycles. The highest BCUT2D eigenvalue weighted by Gasteiger charge is 2.10. The first-order valence-corrected chi connectivity index (χ1v) is 11.7. The van der Waals surface area contributed by atoms with Crippen LogP contribution >= 0.6 is 11.6 Å². The Kier molecular flexibility index (Phi) is 7.05.